The van der Waals surface area contributed by atoms with E-state index in [0.29, 0.717) is 5.78 Å². The molecule has 4 aliphatic carbocycles. The van der Waals surface area contributed by atoms with E-state index in [1.165, 1.54) is 57.1 Å². The number of carbonyl (C=O) groups excluding carboxylic acids is 1. The summed E-state index contributed by atoms with van der Waals surface area (Å²) in [5.41, 5.74) is 0.147. The maximum atomic E-state index is 12.6. The summed E-state index contributed by atoms with van der Waals surface area (Å²) in [6.07, 6.45) is 10.6. The summed E-state index contributed by atoms with van der Waals surface area (Å²) in [5, 5.41) is 0. The smallest absolute Gasteiger partial charge is 0.148 e. The first kappa shape index (κ1) is 13.0. The van der Waals surface area contributed by atoms with Gasteiger partial charge in [0.2, 0.25) is 0 Å². The van der Waals surface area contributed by atoms with Crippen molar-refractivity contribution >= 4 is 17.5 Å². The van der Waals surface area contributed by atoms with Crippen LogP contribution in [0, 0.1) is 23.2 Å². The first-order valence-electron chi connectivity index (χ1n) is 7.83. The number of unbranched alkanes of at least 4 members (excludes halogenated alkanes) is 1. The molecule has 0 aromatic rings. The van der Waals surface area contributed by atoms with E-state index >= 15 is 0 Å². The van der Waals surface area contributed by atoms with E-state index in [9.17, 15) is 4.79 Å². The highest BCUT2D eigenvalue weighted by Crippen LogP contribution is 2.60. The van der Waals surface area contributed by atoms with Crippen molar-refractivity contribution in [1.29, 1.82) is 0 Å². The lowest BCUT2D eigenvalue weighted by atomic mass is 9.48. The van der Waals surface area contributed by atoms with Gasteiger partial charge < -0.3 is 0 Å². The number of carbonyl (C=O) groups is 1. The molecule has 1 nitrogen and oxygen atoms in total. The Labute approximate surface area is 115 Å². The average Bonchev–Trinajstić information content (AvgIpc) is 2.32. The van der Waals surface area contributed by atoms with E-state index in [2.05, 4.69) is 6.92 Å². The summed E-state index contributed by atoms with van der Waals surface area (Å²) in [4.78, 5) is 12.6. The molecule has 0 unspecified atom stereocenters. The van der Waals surface area contributed by atoms with Crippen LogP contribution < -0.4 is 0 Å². The summed E-state index contributed by atoms with van der Waals surface area (Å²) in [7, 11) is 0. The second-order valence-electron chi connectivity index (χ2n) is 7.03. The fourth-order valence-electron chi connectivity index (χ4n) is 5.02. The molecule has 4 bridgehead atoms. The molecule has 4 fully saturated rings. The minimum Gasteiger partial charge on any atom is -0.298 e. The number of rotatable bonds is 6. The fourth-order valence-corrected chi connectivity index (χ4v) is 6.15. The van der Waals surface area contributed by atoms with Gasteiger partial charge in [0.15, 0.2) is 0 Å². The Kier molecular flexibility index (Phi) is 3.75. The van der Waals surface area contributed by atoms with Crippen LogP contribution in [0.15, 0.2) is 0 Å². The second kappa shape index (κ2) is 5.19. The fraction of sp³-hybridized carbons (Fsp3) is 0.938. The number of Topliss-reactive ketones (excluding diaryl/α,β-unsaturated/α-hetero) is 1. The van der Waals surface area contributed by atoms with Crippen molar-refractivity contribution < 1.29 is 4.79 Å². The lowest BCUT2D eigenvalue weighted by molar-refractivity contribution is -0.141. The van der Waals surface area contributed by atoms with Crippen LogP contribution in [0.25, 0.3) is 0 Å². The molecule has 0 saturated heterocycles. The van der Waals surface area contributed by atoms with Crippen LogP contribution in [0.2, 0.25) is 0 Å². The van der Waals surface area contributed by atoms with Gasteiger partial charge in [0.1, 0.15) is 5.78 Å². The van der Waals surface area contributed by atoms with Crippen molar-refractivity contribution in [3.05, 3.63) is 0 Å². The molecule has 4 saturated carbocycles. The molecule has 18 heavy (non-hydrogen) atoms. The predicted octanol–water partition coefficient (Wildman–Crippen LogP) is 4.31. The maximum Gasteiger partial charge on any atom is 0.148 e. The molecule has 0 atom stereocenters. The van der Waals surface area contributed by atoms with Crippen molar-refractivity contribution in [2.75, 3.05) is 11.5 Å². The van der Waals surface area contributed by atoms with Crippen molar-refractivity contribution in [1.82, 2.24) is 0 Å². The lowest BCUT2D eigenvalue weighted by Gasteiger charge is -2.56. The van der Waals surface area contributed by atoms with Crippen molar-refractivity contribution in [2.45, 2.75) is 58.3 Å². The summed E-state index contributed by atoms with van der Waals surface area (Å²) in [6, 6.07) is 0. The van der Waals surface area contributed by atoms with Gasteiger partial charge in [-0.25, -0.2) is 0 Å². The minimum absolute atomic E-state index is 0.147. The average molecular weight is 266 g/mol. The molecule has 4 aliphatic rings. The van der Waals surface area contributed by atoms with Crippen molar-refractivity contribution in [3.63, 3.8) is 0 Å². The predicted molar refractivity (Wildman–Crippen MR) is 77.8 cm³/mol. The number of hydrogen-bond acceptors (Lipinski definition) is 2. The van der Waals surface area contributed by atoms with E-state index in [0.717, 1.165) is 23.5 Å². The van der Waals surface area contributed by atoms with Crippen LogP contribution in [0.4, 0.5) is 0 Å². The quantitative estimate of drug-likeness (QED) is 0.667. The normalized spacial score (nSPS) is 41.3. The third-order valence-electron chi connectivity index (χ3n) is 5.51. The van der Waals surface area contributed by atoms with Gasteiger partial charge in [0, 0.05) is 5.41 Å². The van der Waals surface area contributed by atoms with E-state index in [1.807, 2.05) is 11.8 Å². The number of ketones is 1. The van der Waals surface area contributed by atoms with E-state index < -0.39 is 0 Å². The summed E-state index contributed by atoms with van der Waals surface area (Å²) >= 11 is 1.89. The Morgan fingerprint density at radius 2 is 1.67 bits per heavy atom. The Bertz CT molecular complexity index is 288. The second-order valence-corrected chi connectivity index (χ2v) is 8.13. The highest BCUT2D eigenvalue weighted by Gasteiger charge is 2.53. The lowest BCUT2D eigenvalue weighted by Crippen LogP contribution is -2.50. The zero-order valence-corrected chi connectivity index (χ0v) is 12.4. The Morgan fingerprint density at radius 3 is 2.17 bits per heavy atom. The van der Waals surface area contributed by atoms with Gasteiger partial charge >= 0.3 is 0 Å². The molecule has 0 amide bonds. The van der Waals surface area contributed by atoms with E-state index in [4.69, 9.17) is 0 Å². The van der Waals surface area contributed by atoms with Crippen LogP contribution in [0.3, 0.4) is 0 Å². The van der Waals surface area contributed by atoms with Gasteiger partial charge in [-0.05, 0) is 68.5 Å². The van der Waals surface area contributed by atoms with Gasteiger partial charge in [0.05, 0.1) is 5.75 Å². The first-order valence-corrected chi connectivity index (χ1v) is 8.98. The van der Waals surface area contributed by atoms with Crippen molar-refractivity contribution in [2.24, 2.45) is 23.2 Å². The molecule has 102 valence electrons. The Morgan fingerprint density at radius 1 is 1.11 bits per heavy atom. The standard InChI is InChI=1S/C16H26OS/c1-2-3-4-18-11-15(17)16-8-12-5-13(9-16)7-14(6-12)10-16/h12-14H,2-11H2,1H3. The summed E-state index contributed by atoms with van der Waals surface area (Å²) in [6.45, 7) is 2.22. The SMILES string of the molecule is CCCCSCC(=O)C12CC3CC(CC(C3)C1)C2. The van der Waals surface area contributed by atoms with Crippen LogP contribution in [0.1, 0.15) is 58.3 Å². The summed E-state index contributed by atoms with van der Waals surface area (Å²) < 4.78 is 0. The molecule has 0 aromatic heterocycles. The van der Waals surface area contributed by atoms with Crippen LogP contribution in [0.5, 0.6) is 0 Å². The number of hydrogen-bond donors (Lipinski definition) is 0. The highest BCUT2D eigenvalue weighted by atomic mass is 32.2. The van der Waals surface area contributed by atoms with Crippen LogP contribution in [-0.4, -0.2) is 17.3 Å². The third kappa shape index (κ3) is 2.37. The maximum absolute atomic E-state index is 12.6. The van der Waals surface area contributed by atoms with Crippen LogP contribution in [-0.2, 0) is 4.79 Å². The highest BCUT2D eigenvalue weighted by molar-refractivity contribution is 7.99. The van der Waals surface area contributed by atoms with Gasteiger partial charge in [-0.2, -0.15) is 11.8 Å². The molecule has 0 spiro atoms. The summed E-state index contributed by atoms with van der Waals surface area (Å²) in [5.74, 6) is 5.30. The molecule has 0 aromatic carbocycles. The minimum atomic E-state index is 0.147. The molecule has 0 radical (unpaired) electrons. The molecule has 2 heteroatoms. The van der Waals surface area contributed by atoms with Crippen molar-refractivity contribution in [3.8, 4) is 0 Å². The van der Waals surface area contributed by atoms with Gasteiger partial charge in [0.25, 0.3) is 0 Å². The number of thioether (sulfide) groups is 1. The molecule has 4 rings (SSSR count). The molecule has 0 heterocycles. The Balaban J connectivity index is 1.59. The zero-order valence-electron chi connectivity index (χ0n) is 11.6. The molecular weight excluding hydrogens is 240 g/mol. The van der Waals surface area contributed by atoms with Crippen LogP contribution >= 0.6 is 11.8 Å². The first-order chi connectivity index (χ1) is 8.72. The monoisotopic (exact) mass is 266 g/mol. The van der Waals surface area contributed by atoms with E-state index in [1.54, 1.807) is 0 Å². The largest absolute Gasteiger partial charge is 0.298 e. The topological polar surface area (TPSA) is 17.1 Å². The molecule has 0 N–H and O–H groups in total. The van der Waals surface area contributed by atoms with Gasteiger partial charge in [-0.3, -0.25) is 4.79 Å². The van der Waals surface area contributed by atoms with Gasteiger partial charge in [-0.1, -0.05) is 13.3 Å². The van der Waals surface area contributed by atoms with E-state index in [-0.39, 0.29) is 5.41 Å². The van der Waals surface area contributed by atoms with Gasteiger partial charge in [-0.15, -0.1) is 0 Å². The molecular formula is C16H26OS. The Hall–Kier alpha value is 0.0200. The third-order valence-corrected chi connectivity index (χ3v) is 6.55. The zero-order chi connectivity index (χ0) is 12.6. The molecule has 0 aliphatic heterocycles.